The van der Waals surface area contributed by atoms with E-state index in [1.165, 1.54) is 0 Å². The Morgan fingerprint density at radius 1 is 1.50 bits per heavy atom. The number of esters is 1. The summed E-state index contributed by atoms with van der Waals surface area (Å²) in [5.74, 6) is -5.79. The van der Waals surface area contributed by atoms with Crippen LogP contribution >= 0.6 is 0 Å². The molecule has 0 aromatic heterocycles. The highest BCUT2D eigenvalue weighted by molar-refractivity contribution is 5.66. The summed E-state index contributed by atoms with van der Waals surface area (Å²) >= 11 is 0. The third-order valence-corrected chi connectivity index (χ3v) is 2.36. The number of hydrogen-bond donors (Lipinski definition) is 4. The van der Waals surface area contributed by atoms with Gasteiger partial charge in [-0.15, -0.1) is 0 Å². The van der Waals surface area contributed by atoms with E-state index in [1.807, 2.05) is 0 Å². The molecule has 0 radical (unpaired) electrons. The van der Waals surface area contributed by atoms with Crippen LogP contribution in [0, 0.1) is 0 Å². The first kappa shape index (κ1) is 13.3. The molecule has 0 unspecified atom stereocenters. The average molecular weight is 238 g/mol. The van der Waals surface area contributed by atoms with Gasteiger partial charge in [0.1, 0.15) is 6.61 Å². The van der Waals surface area contributed by atoms with Crippen molar-refractivity contribution in [1.82, 2.24) is 0 Å². The summed E-state index contributed by atoms with van der Waals surface area (Å²) in [5, 5.41) is 37.7. The smallest absolute Gasteiger partial charge is 0.305 e. The molecule has 0 bridgehead atoms. The molecule has 0 spiro atoms. The predicted molar refractivity (Wildman–Crippen MR) is 46.6 cm³/mol. The van der Waals surface area contributed by atoms with Crippen LogP contribution in [0.25, 0.3) is 0 Å². The van der Waals surface area contributed by atoms with E-state index in [0.717, 1.165) is 14.0 Å². The minimum absolute atomic E-state index is 0.883. The second-order valence-corrected chi connectivity index (χ2v) is 3.36. The number of aliphatic hydroxyl groups is 4. The Bertz CT molecular complexity index is 281. The minimum atomic E-state index is -2.55. The van der Waals surface area contributed by atoms with Crippen LogP contribution < -0.4 is 0 Å². The molecule has 1 aliphatic heterocycles. The summed E-state index contributed by atoms with van der Waals surface area (Å²) in [6.07, 6.45) is -3.74. The van der Waals surface area contributed by atoms with Crippen LogP contribution in [0.4, 0.5) is 0 Å². The first-order chi connectivity index (χ1) is 7.33. The zero-order valence-corrected chi connectivity index (χ0v) is 8.78. The van der Waals surface area contributed by atoms with Crippen molar-refractivity contribution < 1.29 is 39.4 Å². The molecule has 1 aliphatic rings. The van der Waals surface area contributed by atoms with Crippen LogP contribution in [0.5, 0.6) is 0 Å². The number of methoxy groups -OCH3 is 1. The van der Waals surface area contributed by atoms with E-state index in [2.05, 4.69) is 14.2 Å². The standard InChI is InChI=1S/C8H14O8/c1-4(10)15-7(3-9)8(13,14-2)5(11)6(12)16-7/h5-6,9,11-13H,3H2,1-2H3/t5-,6+,7-,8-/m1/s1. The maximum absolute atomic E-state index is 10.8. The lowest BCUT2D eigenvalue weighted by molar-refractivity contribution is -0.366. The molecule has 1 heterocycles. The number of aliphatic hydroxyl groups excluding tert-OH is 3. The maximum Gasteiger partial charge on any atom is 0.305 e. The van der Waals surface area contributed by atoms with E-state index >= 15 is 0 Å². The third-order valence-electron chi connectivity index (χ3n) is 2.36. The number of hydrogen-bond acceptors (Lipinski definition) is 8. The fourth-order valence-electron chi connectivity index (χ4n) is 1.55. The zero-order chi connectivity index (χ0) is 12.6. The molecule has 0 amide bonds. The molecule has 1 saturated heterocycles. The van der Waals surface area contributed by atoms with Gasteiger partial charge in [0.2, 0.25) is 0 Å². The lowest BCUT2D eigenvalue weighted by Gasteiger charge is -2.37. The van der Waals surface area contributed by atoms with Gasteiger partial charge in [-0.3, -0.25) is 4.79 Å². The molecule has 1 rings (SSSR count). The number of carbonyl (C=O) groups is 1. The Labute approximate surface area is 91.0 Å². The zero-order valence-electron chi connectivity index (χ0n) is 8.78. The molecule has 0 aromatic carbocycles. The van der Waals surface area contributed by atoms with Gasteiger partial charge in [-0.05, 0) is 0 Å². The van der Waals surface area contributed by atoms with Crippen LogP contribution in [-0.2, 0) is 19.0 Å². The maximum atomic E-state index is 10.8. The molecule has 16 heavy (non-hydrogen) atoms. The van der Waals surface area contributed by atoms with E-state index in [9.17, 15) is 20.1 Å². The van der Waals surface area contributed by atoms with Crippen molar-refractivity contribution in [3.05, 3.63) is 0 Å². The predicted octanol–water partition coefficient (Wildman–Crippen LogP) is -2.72. The molecule has 8 heteroatoms. The molecule has 0 aromatic rings. The van der Waals surface area contributed by atoms with E-state index in [-0.39, 0.29) is 0 Å². The lowest BCUT2D eigenvalue weighted by Crippen LogP contribution is -2.61. The monoisotopic (exact) mass is 238 g/mol. The highest BCUT2D eigenvalue weighted by atomic mass is 16.8. The first-order valence-corrected chi connectivity index (χ1v) is 4.45. The van der Waals surface area contributed by atoms with Gasteiger partial charge in [0.15, 0.2) is 12.4 Å². The van der Waals surface area contributed by atoms with Gasteiger partial charge in [-0.25, -0.2) is 0 Å². The lowest BCUT2D eigenvalue weighted by atomic mass is 10.0. The van der Waals surface area contributed by atoms with Crippen molar-refractivity contribution in [3.8, 4) is 0 Å². The van der Waals surface area contributed by atoms with Crippen LogP contribution in [0.2, 0.25) is 0 Å². The van der Waals surface area contributed by atoms with Crippen LogP contribution in [0.1, 0.15) is 6.92 Å². The normalized spacial score (nSPS) is 43.4. The van der Waals surface area contributed by atoms with E-state index in [1.54, 1.807) is 0 Å². The fourth-order valence-corrected chi connectivity index (χ4v) is 1.55. The minimum Gasteiger partial charge on any atom is -0.424 e. The van der Waals surface area contributed by atoms with Gasteiger partial charge in [0.05, 0.1) is 0 Å². The highest BCUT2D eigenvalue weighted by Crippen LogP contribution is 2.40. The number of ether oxygens (including phenoxy) is 3. The van der Waals surface area contributed by atoms with Gasteiger partial charge in [0, 0.05) is 14.0 Å². The molecule has 4 N–H and O–H groups in total. The quantitative estimate of drug-likeness (QED) is 0.309. The van der Waals surface area contributed by atoms with Crippen LogP contribution in [-0.4, -0.2) is 64.1 Å². The second kappa shape index (κ2) is 4.24. The summed E-state index contributed by atoms with van der Waals surface area (Å²) in [4.78, 5) is 10.8. The van der Waals surface area contributed by atoms with Crippen molar-refractivity contribution in [2.75, 3.05) is 13.7 Å². The van der Waals surface area contributed by atoms with Crippen molar-refractivity contribution in [3.63, 3.8) is 0 Å². The Hall–Kier alpha value is -0.770. The molecule has 4 atom stereocenters. The van der Waals surface area contributed by atoms with E-state index in [4.69, 9.17) is 5.11 Å². The van der Waals surface area contributed by atoms with Crippen LogP contribution in [0.15, 0.2) is 0 Å². The molecule has 94 valence electrons. The van der Waals surface area contributed by atoms with Crippen LogP contribution in [0.3, 0.4) is 0 Å². The molecular formula is C8H14O8. The van der Waals surface area contributed by atoms with Gasteiger partial charge >= 0.3 is 5.97 Å². The Balaban J connectivity index is 3.12. The van der Waals surface area contributed by atoms with Crippen molar-refractivity contribution >= 4 is 5.97 Å². The van der Waals surface area contributed by atoms with E-state index in [0.29, 0.717) is 0 Å². The van der Waals surface area contributed by atoms with Gasteiger partial charge in [-0.2, -0.15) is 0 Å². The van der Waals surface area contributed by atoms with Crippen molar-refractivity contribution in [2.45, 2.75) is 30.9 Å². The molecular weight excluding hydrogens is 224 g/mol. The van der Waals surface area contributed by atoms with Gasteiger partial charge in [-0.1, -0.05) is 0 Å². The first-order valence-electron chi connectivity index (χ1n) is 4.45. The SMILES string of the molecule is CO[C@]1(O)[C@H](O)[C@@H](O)O[C@@]1(CO)OC(C)=O. The molecule has 1 fully saturated rings. The third kappa shape index (κ3) is 1.69. The topological polar surface area (TPSA) is 126 Å². The van der Waals surface area contributed by atoms with Gasteiger partial charge in [0.25, 0.3) is 11.6 Å². The van der Waals surface area contributed by atoms with Crippen molar-refractivity contribution in [1.29, 1.82) is 0 Å². The fraction of sp³-hybridized carbons (Fsp3) is 0.875. The second-order valence-electron chi connectivity index (χ2n) is 3.36. The summed E-state index contributed by atoms with van der Waals surface area (Å²) < 4.78 is 13.8. The highest BCUT2D eigenvalue weighted by Gasteiger charge is 2.69. The number of carbonyl (C=O) groups excluding carboxylic acids is 1. The summed E-state index contributed by atoms with van der Waals surface area (Å²) in [7, 11) is 0.999. The van der Waals surface area contributed by atoms with Crippen molar-refractivity contribution in [2.24, 2.45) is 0 Å². The summed E-state index contributed by atoms with van der Waals surface area (Å²) in [5.41, 5.74) is 0. The Morgan fingerprint density at radius 3 is 2.44 bits per heavy atom. The van der Waals surface area contributed by atoms with Gasteiger partial charge < -0.3 is 34.6 Å². The summed E-state index contributed by atoms with van der Waals surface area (Å²) in [6, 6.07) is 0. The molecule has 0 aliphatic carbocycles. The Kier molecular flexibility index (Phi) is 3.53. The summed E-state index contributed by atoms with van der Waals surface area (Å²) in [6.45, 7) is 0.0129. The number of rotatable bonds is 3. The van der Waals surface area contributed by atoms with E-state index < -0.39 is 36.5 Å². The average Bonchev–Trinajstić information content (AvgIpc) is 2.41. The largest absolute Gasteiger partial charge is 0.424 e. The Morgan fingerprint density at radius 2 is 2.06 bits per heavy atom. The molecule has 0 saturated carbocycles. The molecule has 8 nitrogen and oxygen atoms in total.